The van der Waals surface area contributed by atoms with Crippen molar-refractivity contribution in [2.45, 2.75) is 38.8 Å². The summed E-state index contributed by atoms with van der Waals surface area (Å²) in [6, 6.07) is 7.27. The Hall–Kier alpha value is -3.72. The van der Waals surface area contributed by atoms with Gasteiger partial charge in [0, 0.05) is 40.8 Å². The minimum atomic E-state index is -0.514. The first kappa shape index (κ1) is 25.9. The van der Waals surface area contributed by atoms with Crippen LogP contribution >= 0.6 is 11.6 Å². The number of halogens is 2. The summed E-state index contributed by atoms with van der Waals surface area (Å²) in [7, 11) is 0. The maximum absolute atomic E-state index is 14.5. The van der Waals surface area contributed by atoms with Gasteiger partial charge in [0.25, 0.3) is 0 Å². The average molecular weight is 501 g/mol. The van der Waals surface area contributed by atoms with Crippen LogP contribution in [0.15, 0.2) is 66.5 Å². The number of hydrogen-bond donors (Lipinski definition) is 4. The van der Waals surface area contributed by atoms with Crippen LogP contribution in [0.25, 0.3) is 5.70 Å². The molecule has 1 aromatic carbocycles. The predicted molar refractivity (Wildman–Crippen MR) is 137 cm³/mol. The Morgan fingerprint density at radius 1 is 1.31 bits per heavy atom. The molecule has 1 fully saturated rings. The Morgan fingerprint density at radius 2 is 2.06 bits per heavy atom. The number of amides is 1. The molecule has 3 rings (SSSR count). The van der Waals surface area contributed by atoms with E-state index in [0.717, 1.165) is 13.0 Å². The first-order chi connectivity index (χ1) is 16.5. The molecule has 1 amide bonds. The molecule has 10 heteroatoms. The molecule has 8 nitrogen and oxygen atoms in total. The standard InChI is InChI=1S/C25H30ClFN6O2/c1-15(35-25(2,3)4)33-10-8-22(33)24(29)21(32-17-7-9-30-23(12-17)31-14-34)13-20(28)18-11-16(26)5-6-19(18)27/h5-7,9,11-14,22H,1,8,10,28-29H2,2-4H3,(H2,30,31,32,34)/b20-13-,24-21+. The summed E-state index contributed by atoms with van der Waals surface area (Å²) in [6.07, 6.45) is 4.38. The van der Waals surface area contributed by atoms with E-state index in [4.69, 9.17) is 27.8 Å². The fourth-order valence-electron chi connectivity index (χ4n) is 3.55. The van der Waals surface area contributed by atoms with Crippen molar-refractivity contribution in [2.24, 2.45) is 11.5 Å². The van der Waals surface area contributed by atoms with E-state index in [0.29, 0.717) is 40.2 Å². The van der Waals surface area contributed by atoms with Crippen molar-refractivity contribution in [3.63, 3.8) is 0 Å². The summed E-state index contributed by atoms with van der Waals surface area (Å²) in [5.74, 6) is 0.341. The van der Waals surface area contributed by atoms with Crippen LogP contribution in [0.2, 0.25) is 5.02 Å². The van der Waals surface area contributed by atoms with Crippen molar-refractivity contribution in [2.75, 3.05) is 17.2 Å². The van der Waals surface area contributed by atoms with Gasteiger partial charge in [-0.25, -0.2) is 9.37 Å². The third-order valence-electron chi connectivity index (χ3n) is 5.22. The minimum Gasteiger partial charge on any atom is -0.474 e. The molecule has 1 unspecified atom stereocenters. The SMILES string of the molecule is C=C(OC(C)(C)C)N1CCC1/C(N)=C(/C=C(\N)c1cc(Cl)ccc1F)Nc1ccnc(NC=O)c1. The van der Waals surface area contributed by atoms with Gasteiger partial charge in [0.2, 0.25) is 6.41 Å². The maximum atomic E-state index is 14.5. The molecule has 6 N–H and O–H groups in total. The molecule has 35 heavy (non-hydrogen) atoms. The number of aromatic nitrogens is 1. The molecule has 0 radical (unpaired) electrons. The zero-order valence-corrected chi connectivity index (χ0v) is 20.7. The highest BCUT2D eigenvalue weighted by molar-refractivity contribution is 6.30. The van der Waals surface area contributed by atoms with E-state index in [1.807, 2.05) is 25.7 Å². The van der Waals surface area contributed by atoms with E-state index in [1.165, 1.54) is 24.4 Å². The van der Waals surface area contributed by atoms with Crippen LogP contribution in [-0.4, -0.2) is 34.5 Å². The number of likely N-dealkylation sites (tertiary alicyclic amines) is 1. The third-order valence-corrected chi connectivity index (χ3v) is 5.45. The van der Waals surface area contributed by atoms with Crippen LogP contribution in [0.5, 0.6) is 0 Å². The van der Waals surface area contributed by atoms with Crippen molar-refractivity contribution in [1.29, 1.82) is 0 Å². The van der Waals surface area contributed by atoms with Gasteiger partial charge in [-0.1, -0.05) is 11.6 Å². The number of carbonyl (C=O) groups is 1. The van der Waals surface area contributed by atoms with Crippen molar-refractivity contribution in [1.82, 2.24) is 9.88 Å². The summed E-state index contributed by atoms with van der Waals surface area (Å²) in [4.78, 5) is 16.8. The molecular weight excluding hydrogens is 471 g/mol. The Morgan fingerprint density at radius 3 is 2.69 bits per heavy atom. The Bertz CT molecular complexity index is 1170. The first-order valence-electron chi connectivity index (χ1n) is 11.0. The quantitative estimate of drug-likeness (QED) is 0.229. The van der Waals surface area contributed by atoms with Crippen LogP contribution in [0.4, 0.5) is 15.9 Å². The molecule has 2 heterocycles. The number of carbonyl (C=O) groups excluding carboxylic acids is 1. The van der Waals surface area contributed by atoms with Crippen molar-refractivity contribution < 1.29 is 13.9 Å². The molecule has 1 atom stereocenters. The lowest BCUT2D eigenvalue weighted by Gasteiger charge is -2.45. The third kappa shape index (κ3) is 6.66. The second kappa shape index (κ2) is 10.7. The van der Waals surface area contributed by atoms with E-state index < -0.39 is 11.4 Å². The lowest BCUT2D eigenvalue weighted by molar-refractivity contribution is -0.105. The predicted octanol–water partition coefficient (Wildman–Crippen LogP) is 4.39. The zero-order valence-electron chi connectivity index (χ0n) is 19.9. The smallest absolute Gasteiger partial charge is 0.212 e. The maximum Gasteiger partial charge on any atom is 0.212 e. The lowest BCUT2D eigenvalue weighted by atomic mass is 9.97. The van der Waals surface area contributed by atoms with Gasteiger partial charge in [0.15, 0.2) is 5.88 Å². The molecule has 0 saturated carbocycles. The molecule has 1 aliphatic rings. The number of ether oxygens (including phenoxy) is 1. The summed E-state index contributed by atoms with van der Waals surface area (Å²) in [5.41, 5.74) is 14.3. The second-order valence-corrected chi connectivity index (χ2v) is 9.45. The number of pyridine rings is 1. The molecular formula is C25H30ClFN6O2. The van der Waals surface area contributed by atoms with Crippen LogP contribution in [0, 0.1) is 5.82 Å². The van der Waals surface area contributed by atoms with Crippen LogP contribution in [0.3, 0.4) is 0 Å². The molecule has 1 aromatic heterocycles. The molecule has 0 spiro atoms. The average Bonchev–Trinajstić information content (AvgIpc) is 2.73. The van der Waals surface area contributed by atoms with Gasteiger partial charge in [-0.05, 0) is 64.1 Å². The van der Waals surface area contributed by atoms with Gasteiger partial charge in [-0.15, -0.1) is 0 Å². The number of nitrogens with zero attached hydrogens (tertiary/aromatic N) is 2. The molecule has 1 saturated heterocycles. The fraction of sp³-hybridized carbons (Fsp3) is 0.280. The number of allylic oxidation sites excluding steroid dienone is 1. The van der Waals surface area contributed by atoms with E-state index in [-0.39, 0.29) is 17.3 Å². The molecule has 0 bridgehead atoms. The summed E-state index contributed by atoms with van der Waals surface area (Å²) >= 11 is 6.05. The van der Waals surface area contributed by atoms with Crippen molar-refractivity contribution in [3.8, 4) is 0 Å². The number of nitrogens with one attached hydrogen (secondary N) is 2. The zero-order chi connectivity index (χ0) is 25.8. The number of benzene rings is 1. The number of nitrogens with two attached hydrogens (primary N) is 2. The van der Waals surface area contributed by atoms with Gasteiger partial charge in [-0.3, -0.25) is 4.79 Å². The Kier molecular flexibility index (Phi) is 7.91. The monoisotopic (exact) mass is 500 g/mol. The van der Waals surface area contributed by atoms with E-state index >= 15 is 0 Å². The highest BCUT2D eigenvalue weighted by Crippen LogP contribution is 2.31. The molecule has 0 aliphatic carbocycles. The molecule has 186 valence electrons. The highest BCUT2D eigenvalue weighted by atomic mass is 35.5. The van der Waals surface area contributed by atoms with Gasteiger partial charge >= 0.3 is 0 Å². The summed E-state index contributed by atoms with van der Waals surface area (Å²) in [6.45, 7) is 10.6. The Balaban J connectivity index is 2.01. The summed E-state index contributed by atoms with van der Waals surface area (Å²) < 4.78 is 20.4. The molecule has 1 aliphatic heterocycles. The van der Waals surface area contributed by atoms with E-state index in [1.54, 1.807) is 18.2 Å². The Labute approximate surface area is 209 Å². The minimum absolute atomic E-state index is 0.131. The van der Waals surface area contributed by atoms with Crippen LogP contribution in [-0.2, 0) is 9.53 Å². The topological polar surface area (TPSA) is 119 Å². The van der Waals surface area contributed by atoms with Crippen molar-refractivity contribution in [3.05, 3.63) is 82.9 Å². The highest BCUT2D eigenvalue weighted by Gasteiger charge is 2.34. The number of rotatable bonds is 9. The largest absolute Gasteiger partial charge is 0.474 e. The number of anilines is 2. The lowest BCUT2D eigenvalue weighted by Crippen LogP contribution is -2.51. The fourth-order valence-corrected chi connectivity index (χ4v) is 3.72. The summed E-state index contributed by atoms with van der Waals surface area (Å²) in [5, 5.41) is 6.07. The van der Waals surface area contributed by atoms with Crippen molar-refractivity contribution >= 4 is 35.2 Å². The first-order valence-corrected chi connectivity index (χ1v) is 11.4. The van der Waals surface area contributed by atoms with Gasteiger partial charge in [0.1, 0.15) is 17.2 Å². The van der Waals surface area contributed by atoms with E-state index in [9.17, 15) is 9.18 Å². The number of hydrogen-bond acceptors (Lipinski definition) is 7. The second-order valence-electron chi connectivity index (χ2n) is 9.02. The molecule has 2 aromatic rings. The van der Waals surface area contributed by atoms with Gasteiger partial charge < -0.3 is 31.7 Å². The van der Waals surface area contributed by atoms with Crippen LogP contribution < -0.4 is 22.1 Å². The van der Waals surface area contributed by atoms with Gasteiger partial charge in [-0.2, -0.15) is 0 Å². The van der Waals surface area contributed by atoms with E-state index in [2.05, 4.69) is 22.2 Å². The normalized spacial score (nSPS) is 16.7. The van der Waals surface area contributed by atoms with Gasteiger partial charge in [0.05, 0.1) is 17.4 Å². The van der Waals surface area contributed by atoms with Crippen LogP contribution in [0.1, 0.15) is 32.8 Å².